The molecule has 24 heavy (non-hydrogen) atoms. The number of amidine groups is 1. The van der Waals surface area contributed by atoms with Crippen LogP contribution in [0.25, 0.3) is 0 Å². The van der Waals surface area contributed by atoms with Crippen LogP contribution < -0.4 is 0 Å². The van der Waals surface area contributed by atoms with Crippen molar-refractivity contribution in [2.45, 2.75) is 25.5 Å². The van der Waals surface area contributed by atoms with E-state index in [1.54, 1.807) is 18.3 Å². The van der Waals surface area contributed by atoms with Crippen molar-refractivity contribution in [2.24, 2.45) is 4.99 Å². The molecule has 0 aromatic heterocycles. The Morgan fingerprint density at radius 2 is 2.00 bits per heavy atom. The Hall–Kier alpha value is -3.13. The number of ether oxygens (including phenoxy) is 1. The van der Waals surface area contributed by atoms with E-state index >= 15 is 0 Å². The van der Waals surface area contributed by atoms with Crippen LogP contribution in [0.2, 0.25) is 0 Å². The van der Waals surface area contributed by atoms with Crippen molar-refractivity contribution >= 4 is 11.9 Å². The summed E-state index contributed by atoms with van der Waals surface area (Å²) >= 11 is 0. The lowest BCUT2D eigenvalue weighted by Crippen LogP contribution is -2.35. The Bertz CT molecular complexity index is 880. The number of nitrogens with zero attached hydrogens (tertiary/aromatic N) is 3. The highest BCUT2D eigenvalue weighted by atomic mass is 16.5. The number of benzene rings is 2. The van der Waals surface area contributed by atoms with Gasteiger partial charge in [-0.2, -0.15) is 5.26 Å². The van der Waals surface area contributed by atoms with Gasteiger partial charge in [-0.25, -0.2) is 4.90 Å². The maximum absolute atomic E-state index is 13.1. The van der Waals surface area contributed by atoms with E-state index in [1.165, 1.54) is 10.5 Å². The molecule has 1 amide bonds. The molecule has 4 rings (SSSR count). The molecule has 1 fully saturated rings. The van der Waals surface area contributed by atoms with Crippen LogP contribution in [0.5, 0.6) is 0 Å². The van der Waals surface area contributed by atoms with Gasteiger partial charge in [0.15, 0.2) is 0 Å². The molecule has 1 heterocycles. The summed E-state index contributed by atoms with van der Waals surface area (Å²) in [6, 6.07) is 15.2. The number of aliphatic imine (C=N–C) groups is 1. The topological polar surface area (TPSA) is 65.7 Å². The highest BCUT2D eigenvalue weighted by molar-refractivity contribution is 6.05. The Labute approximate surface area is 139 Å². The Morgan fingerprint density at radius 3 is 2.75 bits per heavy atom. The Kier molecular flexibility index (Phi) is 3.31. The summed E-state index contributed by atoms with van der Waals surface area (Å²) in [4.78, 5) is 18.3. The summed E-state index contributed by atoms with van der Waals surface area (Å²) in [7, 11) is 0. The minimum Gasteiger partial charge on any atom is -0.458 e. The summed E-state index contributed by atoms with van der Waals surface area (Å²) in [6.45, 7) is 1.97. The SMILES string of the molecule is Cc1ccc(C(=O)N2C(=NC#N)O[C@@H]3Cc4ccccc4[C@@H]32)cc1. The van der Waals surface area contributed by atoms with Gasteiger partial charge in [0.2, 0.25) is 6.19 Å². The minimum absolute atomic E-state index is 0.0904. The molecule has 2 atom stereocenters. The standard InChI is InChI=1S/C19H15N3O2/c1-12-6-8-13(9-7-12)18(23)22-17-15-5-3-2-4-14(15)10-16(17)24-19(22)21-11-20/h2-9,16-17H,10H2,1H3/t16-,17+/m1/s1. The molecule has 0 radical (unpaired) electrons. The van der Waals surface area contributed by atoms with Crippen LogP contribution in [0.4, 0.5) is 0 Å². The molecule has 0 bridgehead atoms. The maximum atomic E-state index is 13.1. The van der Waals surface area contributed by atoms with Gasteiger partial charge in [0.25, 0.3) is 5.91 Å². The summed E-state index contributed by atoms with van der Waals surface area (Å²) in [5, 5.41) is 8.94. The average Bonchev–Trinajstić information content (AvgIpc) is 3.10. The molecule has 0 saturated carbocycles. The molecule has 0 unspecified atom stereocenters. The second-order valence-corrected chi connectivity index (χ2v) is 6.04. The van der Waals surface area contributed by atoms with E-state index in [2.05, 4.69) is 4.99 Å². The quantitative estimate of drug-likeness (QED) is 0.760. The van der Waals surface area contributed by atoms with Crippen LogP contribution in [0, 0.1) is 18.4 Å². The lowest BCUT2D eigenvalue weighted by Gasteiger charge is -2.21. The first-order valence-corrected chi connectivity index (χ1v) is 7.80. The number of carbonyl (C=O) groups excluding carboxylic acids is 1. The van der Waals surface area contributed by atoms with Crippen molar-refractivity contribution in [1.82, 2.24) is 4.90 Å². The molecule has 0 N–H and O–H groups in total. The summed E-state index contributed by atoms with van der Waals surface area (Å²) in [5.74, 6) is -0.201. The lowest BCUT2D eigenvalue weighted by molar-refractivity contribution is 0.0811. The van der Waals surface area contributed by atoms with Crippen molar-refractivity contribution in [1.29, 1.82) is 5.26 Å². The maximum Gasteiger partial charge on any atom is 0.311 e. The van der Waals surface area contributed by atoms with Crippen LogP contribution in [-0.2, 0) is 11.2 Å². The van der Waals surface area contributed by atoms with E-state index in [9.17, 15) is 4.79 Å². The van der Waals surface area contributed by atoms with E-state index in [0.717, 1.165) is 11.1 Å². The molecule has 1 aliphatic heterocycles. The van der Waals surface area contributed by atoms with Crippen LogP contribution in [0.15, 0.2) is 53.5 Å². The molecular formula is C19H15N3O2. The zero-order valence-electron chi connectivity index (χ0n) is 13.1. The molecule has 2 aliphatic rings. The monoisotopic (exact) mass is 317 g/mol. The lowest BCUT2D eigenvalue weighted by atomic mass is 10.1. The van der Waals surface area contributed by atoms with Gasteiger partial charge in [-0.1, -0.05) is 42.0 Å². The highest BCUT2D eigenvalue weighted by Crippen LogP contribution is 2.43. The predicted molar refractivity (Wildman–Crippen MR) is 88.2 cm³/mol. The average molecular weight is 317 g/mol. The van der Waals surface area contributed by atoms with Gasteiger partial charge in [0.05, 0.1) is 0 Å². The van der Waals surface area contributed by atoms with Crippen molar-refractivity contribution in [3.05, 3.63) is 70.8 Å². The zero-order chi connectivity index (χ0) is 16.7. The third-order valence-corrected chi connectivity index (χ3v) is 4.55. The van der Waals surface area contributed by atoms with E-state index in [4.69, 9.17) is 10.00 Å². The van der Waals surface area contributed by atoms with Crippen molar-refractivity contribution in [2.75, 3.05) is 0 Å². The molecule has 1 aliphatic carbocycles. The molecule has 1 saturated heterocycles. The van der Waals surface area contributed by atoms with Crippen LogP contribution in [-0.4, -0.2) is 22.9 Å². The summed E-state index contributed by atoms with van der Waals surface area (Å²) in [6.07, 6.45) is 2.26. The largest absolute Gasteiger partial charge is 0.458 e. The smallest absolute Gasteiger partial charge is 0.311 e. The van der Waals surface area contributed by atoms with E-state index in [0.29, 0.717) is 12.0 Å². The highest BCUT2D eigenvalue weighted by Gasteiger charge is 2.49. The number of rotatable bonds is 1. The second-order valence-electron chi connectivity index (χ2n) is 6.04. The fraction of sp³-hybridized carbons (Fsp3) is 0.211. The van der Waals surface area contributed by atoms with Gasteiger partial charge in [0, 0.05) is 12.0 Å². The van der Waals surface area contributed by atoms with Crippen molar-refractivity contribution < 1.29 is 9.53 Å². The van der Waals surface area contributed by atoms with E-state index < -0.39 is 0 Å². The predicted octanol–water partition coefficient (Wildman–Crippen LogP) is 2.97. The van der Waals surface area contributed by atoms with Crippen LogP contribution in [0.1, 0.15) is 33.1 Å². The zero-order valence-corrected chi connectivity index (χ0v) is 13.1. The van der Waals surface area contributed by atoms with Crippen LogP contribution >= 0.6 is 0 Å². The van der Waals surface area contributed by atoms with Crippen molar-refractivity contribution in [3.8, 4) is 6.19 Å². The molecule has 5 heteroatoms. The third-order valence-electron chi connectivity index (χ3n) is 4.55. The first-order chi connectivity index (χ1) is 11.7. The molecule has 118 valence electrons. The molecule has 0 spiro atoms. The first kappa shape index (κ1) is 14.5. The normalized spacial score (nSPS) is 22.7. The van der Waals surface area contributed by atoms with Gasteiger partial charge in [-0.05, 0) is 30.2 Å². The number of fused-ring (bicyclic) bond motifs is 3. The third kappa shape index (κ3) is 2.16. The van der Waals surface area contributed by atoms with Gasteiger partial charge in [0.1, 0.15) is 12.1 Å². The van der Waals surface area contributed by atoms with E-state index in [1.807, 2.05) is 43.3 Å². The fourth-order valence-corrected chi connectivity index (χ4v) is 3.43. The Balaban J connectivity index is 1.78. The Morgan fingerprint density at radius 1 is 1.25 bits per heavy atom. The molecule has 5 nitrogen and oxygen atoms in total. The van der Waals surface area contributed by atoms with Gasteiger partial charge >= 0.3 is 6.02 Å². The number of hydrogen-bond donors (Lipinski definition) is 0. The van der Waals surface area contributed by atoms with Crippen LogP contribution in [0.3, 0.4) is 0 Å². The number of amides is 1. The molecule has 2 aromatic carbocycles. The van der Waals surface area contributed by atoms with Gasteiger partial charge in [-0.15, -0.1) is 4.99 Å². The number of nitriles is 1. The molecular weight excluding hydrogens is 302 g/mol. The number of aryl methyl sites for hydroxylation is 1. The second kappa shape index (κ2) is 5.50. The minimum atomic E-state index is -0.234. The summed E-state index contributed by atoms with van der Waals surface area (Å²) < 4.78 is 5.82. The van der Waals surface area contributed by atoms with Gasteiger partial charge < -0.3 is 4.74 Å². The number of carbonyl (C=O) groups is 1. The molecule has 2 aromatic rings. The van der Waals surface area contributed by atoms with Gasteiger partial charge in [-0.3, -0.25) is 4.79 Å². The number of hydrogen-bond acceptors (Lipinski definition) is 4. The first-order valence-electron chi connectivity index (χ1n) is 7.80. The van der Waals surface area contributed by atoms with Crippen molar-refractivity contribution in [3.63, 3.8) is 0 Å². The summed E-state index contributed by atoms with van der Waals surface area (Å²) in [5.41, 5.74) is 3.87. The fourth-order valence-electron chi connectivity index (χ4n) is 3.43. The van der Waals surface area contributed by atoms with E-state index in [-0.39, 0.29) is 24.1 Å².